The van der Waals surface area contributed by atoms with Crippen LogP contribution < -0.4 is 11.1 Å². The van der Waals surface area contributed by atoms with Gasteiger partial charge in [-0.25, -0.2) is 0 Å². The van der Waals surface area contributed by atoms with Crippen molar-refractivity contribution in [1.82, 2.24) is 19.7 Å². The maximum Gasteiger partial charge on any atom is 0.453 e. The van der Waals surface area contributed by atoms with Crippen molar-refractivity contribution in [2.24, 2.45) is 0 Å². The van der Waals surface area contributed by atoms with Crippen LogP contribution in [0.2, 0.25) is 10.0 Å². The second-order valence-electron chi connectivity index (χ2n) is 8.94. The normalized spacial score (nSPS) is 17.6. The molecule has 0 bridgehead atoms. The van der Waals surface area contributed by atoms with Crippen molar-refractivity contribution in [3.63, 3.8) is 0 Å². The third-order valence-corrected chi connectivity index (χ3v) is 7.02. The molecular formula is C24H17Cl2F5N6O. The number of halogens is 7. The summed E-state index contributed by atoms with van der Waals surface area (Å²) >= 11 is 12.0. The number of benzene rings is 2. The monoisotopic (exact) mass is 570 g/mol. The van der Waals surface area contributed by atoms with Gasteiger partial charge in [0.25, 0.3) is 5.95 Å². The minimum absolute atomic E-state index is 0.0523. The number of amides is 1. The van der Waals surface area contributed by atoms with Crippen LogP contribution in [0.25, 0.3) is 16.9 Å². The molecule has 4 aromatic rings. The van der Waals surface area contributed by atoms with Crippen LogP contribution in [-0.2, 0) is 16.6 Å². The average molecular weight is 571 g/mol. The lowest BCUT2D eigenvalue weighted by Gasteiger charge is -2.23. The molecule has 0 fully saturated rings. The standard InChI is InChI=1S/C24H17Cl2F5N6O/c1-22(11-2-4-12(25)5-3-11)17-18(32)33-21(35-19(17)34-20(22)38)37-16-7-6-13(26)10-14(16)15(36-37)8-9-23(27,28)24(29,30)31/h2-7,10H,8-9H2,1H3,(H3,32,33,34,35,38). The molecule has 3 N–H and O–H groups in total. The van der Waals surface area contributed by atoms with Crippen LogP contribution in [-0.4, -0.2) is 37.8 Å². The summed E-state index contributed by atoms with van der Waals surface area (Å²) in [5, 5.41) is 7.86. The highest BCUT2D eigenvalue weighted by molar-refractivity contribution is 6.31. The summed E-state index contributed by atoms with van der Waals surface area (Å²) in [7, 11) is 0. The first-order valence-electron chi connectivity index (χ1n) is 11.1. The number of anilines is 2. The Kier molecular flexibility index (Phi) is 6.03. The summed E-state index contributed by atoms with van der Waals surface area (Å²) in [5.41, 5.74) is 6.20. The van der Waals surface area contributed by atoms with Crippen LogP contribution in [0.3, 0.4) is 0 Å². The zero-order valence-electron chi connectivity index (χ0n) is 19.4. The van der Waals surface area contributed by atoms with Crippen molar-refractivity contribution in [3.8, 4) is 5.95 Å². The number of aromatic nitrogens is 4. The van der Waals surface area contributed by atoms with E-state index in [1.54, 1.807) is 31.2 Å². The van der Waals surface area contributed by atoms with Gasteiger partial charge in [0.1, 0.15) is 17.1 Å². The Morgan fingerprint density at radius 2 is 1.68 bits per heavy atom. The second-order valence-corrected chi connectivity index (χ2v) is 9.81. The Morgan fingerprint density at radius 1 is 1.03 bits per heavy atom. The molecule has 198 valence electrons. The molecule has 0 aliphatic carbocycles. The number of hydrogen-bond acceptors (Lipinski definition) is 5. The summed E-state index contributed by atoms with van der Waals surface area (Å²) in [6.07, 6.45) is -7.92. The van der Waals surface area contributed by atoms with E-state index in [2.05, 4.69) is 20.4 Å². The van der Waals surface area contributed by atoms with E-state index in [1.807, 2.05) is 0 Å². The molecule has 38 heavy (non-hydrogen) atoms. The van der Waals surface area contributed by atoms with Crippen molar-refractivity contribution in [3.05, 3.63) is 69.3 Å². The largest absolute Gasteiger partial charge is 0.453 e. The predicted molar refractivity (Wildman–Crippen MR) is 132 cm³/mol. The third-order valence-electron chi connectivity index (χ3n) is 6.53. The van der Waals surface area contributed by atoms with Gasteiger partial charge in [-0.2, -0.15) is 41.7 Å². The van der Waals surface area contributed by atoms with Gasteiger partial charge < -0.3 is 11.1 Å². The summed E-state index contributed by atoms with van der Waals surface area (Å²) in [4.78, 5) is 21.8. The lowest BCUT2D eigenvalue weighted by Crippen LogP contribution is -2.36. The van der Waals surface area contributed by atoms with Gasteiger partial charge in [0.2, 0.25) is 5.91 Å². The Morgan fingerprint density at radius 3 is 2.34 bits per heavy atom. The van der Waals surface area contributed by atoms with E-state index in [4.69, 9.17) is 28.9 Å². The molecule has 1 aliphatic rings. The van der Waals surface area contributed by atoms with Gasteiger partial charge in [0.15, 0.2) is 0 Å². The maximum atomic E-state index is 13.6. The van der Waals surface area contributed by atoms with E-state index in [1.165, 1.54) is 18.2 Å². The molecule has 1 aliphatic heterocycles. The van der Waals surface area contributed by atoms with Crippen molar-refractivity contribution in [2.45, 2.75) is 37.3 Å². The number of hydrogen-bond donors (Lipinski definition) is 2. The van der Waals surface area contributed by atoms with Crippen molar-refractivity contribution in [1.29, 1.82) is 0 Å². The first kappa shape index (κ1) is 26.1. The number of fused-ring (bicyclic) bond motifs is 2. The molecule has 0 saturated carbocycles. The van der Waals surface area contributed by atoms with Gasteiger partial charge in [-0.05, 0) is 49.2 Å². The Balaban J connectivity index is 1.60. The first-order chi connectivity index (χ1) is 17.7. The van der Waals surface area contributed by atoms with Gasteiger partial charge in [-0.3, -0.25) is 4.79 Å². The van der Waals surface area contributed by atoms with Crippen LogP contribution >= 0.6 is 23.2 Å². The van der Waals surface area contributed by atoms with Crippen LogP contribution in [0.1, 0.15) is 30.2 Å². The Hall–Kier alpha value is -3.51. The number of nitrogens with one attached hydrogen (secondary N) is 1. The average Bonchev–Trinajstić information content (AvgIpc) is 3.32. The van der Waals surface area contributed by atoms with Crippen LogP contribution in [0.4, 0.5) is 33.6 Å². The summed E-state index contributed by atoms with van der Waals surface area (Å²) in [6.45, 7) is 1.65. The first-order valence-corrected chi connectivity index (χ1v) is 11.9. The van der Waals surface area contributed by atoms with Gasteiger partial charge >= 0.3 is 12.1 Å². The van der Waals surface area contributed by atoms with Crippen LogP contribution in [0.5, 0.6) is 0 Å². The van der Waals surface area contributed by atoms with E-state index in [0.717, 1.165) is 4.68 Å². The number of alkyl halides is 5. The number of nitrogens with two attached hydrogens (primary N) is 1. The molecule has 1 atom stereocenters. The third kappa shape index (κ3) is 4.11. The molecule has 5 rings (SSSR count). The topological polar surface area (TPSA) is 98.7 Å². The molecule has 7 nitrogen and oxygen atoms in total. The molecular weight excluding hydrogens is 554 g/mol. The summed E-state index contributed by atoms with van der Waals surface area (Å²) in [5.74, 6) is -5.39. The zero-order chi connectivity index (χ0) is 27.6. The number of carbonyl (C=O) groups is 1. The fraction of sp³-hybridized carbons (Fsp3) is 0.250. The van der Waals surface area contributed by atoms with Crippen molar-refractivity contribution in [2.75, 3.05) is 11.1 Å². The number of rotatable bonds is 5. The molecule has 0 radical (unpaired) electrons. The predicted octanol–water partition coefficient (Wildman–Crippen LogP) is 6.09. The molecule has 0 spiro atoms. The SMILES string of the molecule is CC1(c2ccc(Cl)cc2)C(=O)Nc2nc(-n3nc(CCC(F)(F)C(F)(F)F)c4cc(Cl)ccc43)nc(N)c21. The quantitative estimate of drug-likeness (QED) is 0.283. The molecule has 3 heterocycles. The minimum atomic E-state index is -5.70. The minimum Gasteiger partial charge on any atom is -0.383 e. The smallest absolute Gasteiger partial charge is 0.383 e. The highest BCUT2D eigenvalue weighted by Crippen LogP contribution is 2.45. The van der Waals surface area contributed by atoms with E-state index >= 15 is 0 Å². The molecule has 14 heteroatoms. The second kappa shape index (κ2) is 8.77. The molecule has 2 aromatic heterocycles. The number of nitrogens with zero attached hydrogens (tertiary/aromatic N) is 4. The van der Waals surface area contributed by atoms with Gasteiger partial charge in [-0.15, -0.1) is 0 Å². The van der Waals surface area contributed by atoms with Gasteiger partial charge in [-0.1, -0.05) is 35.3 Å². The van der Waals surface area contributed by atoms with E-state index in [0.29, 0.717) is 21.7 Å². The lowest BCUT2D eigenvalue weighted by molar-refractivity contribution is -0.284. The lowest BCUT2D eigenvalue weighted by atomic mass is 9.78. The Bertz CT molecular complexity index is 1590. The highest BCUT2D eigenvalue weighted by atomic mass is 35.5. The number of aryl methyl sites for hydroxylation is 1. The van der Waals surface area contributed by atoms with Crippen LogP contribution in [0, 0.1) is 0 Å². The fourth-order valence-electron chi connectivity index (χ4n) is 4.46. The van der Waals surface area contributed by atoms with Crippen LogP contribution in [0.15, 0.2) is 42.5 Å². The number of nitrogen functional groups attached to an aromatic ring is 1. The Labute approximate surface area is 221 Å². The summed E-state index contributed by atoms with van der Waals surface area (Å²) < 4.78 is 66.6. The zero-order valence-corrected chi connectivity index (χ0v) is 20.9. The van der Waals surface area contributed by atoms with Gasteiger partial charge in [0, 0.05) is 21.9 Å². The van der Waals surface area contributed by atoms with Crippen molar-refractivity contribution < 1.29 is 26.7 Å². The molecule has 1 unspecified atom stereocenters. The molecule has 2 aromatic carbocycles. The fourth-order valence-corrected chi connectivity index (χ4v) is 4.75. The van der Waals surface area contributed by atoms with E-state index in [9.17, 15) is 26.7 Å². The molecule has 0 saturated heterocycles. The van der Waals surface area contributed by atoms with E-state index in [-0.39, 0.29) is 33.7 Å². The maximum absolute atomic E-state index is 13.6. The van der Waals surface area contributed by atoms with Crippen molar-refractivity contribution >= 4 is 51.6 Å². The number of carbonyl (C=O) groups excluding carboxylic acids is 1. The summed E-state index contributed by atoms with van der Waals surface area (Å²) in [6, 6.07) is 11.0. The van der Waals surface area contributed by atoms with E-state index < -0.39 is 36.3 Å². The molecule has 1 amide bonds. The van der Waals surface area contributed by atoms with Gasteiger partial charge in [0.05, 0.1) is 16.8 Å². The highest BCUT2D eigenvalue weighted by Gasteiger charge is 2.56.